The van der Waals surface area contributed by atoms with Gasteiger partial charge in [0.2, 0.25) is 0 Å². The first-order valence-electron chi connectivity index (χ1n) is 5.08. The van der Waals surface area contributed by atoms with Crippen molar-refractivity contribution in [2.75, 3.05) is 12.8 Å². The number of nitrogens with two attached hydrogens (primary N) is 1. The minimum Gasteiger partial charge on any atom is -0.496 e. The third-order valence-corrected chi connectivity index (χ3v) is 2.46. The second-order valence-electron chi connectivity index (χ2n) is 3.63. The first kappa shape index (κ1) is 10.5. The lowest BCUT2D eigenvalue weighted by Gasteiger charge is -2.07. The van der Waals surface area contributed by atoms with Crippen molar-refractivity contribution >= 4 is 5.82 Å². The number of anilines is 1. The lowest BCUT2D eigenvalue weighted by molar-refractivity contribution is 0.412. The minimum atomic E-state index is 0.533. The summed E-state index contributed by atoms with van der Waals surface area (Å²) in [5.74, 6) is 1.42. The van der Waals surface area contributed by atoms with E-state index in [0.717, 1.165) is 22.6 Å². The highest BCUT2D eigenvalue weighted by Gasteiger charge is 2.03. The van der Waals surface area contributed by atoms with Crippen molar-refractivity contribution in [1.29, 1.82) is 0 Å². The number of aryl methyl sites for hydroxylation is 1. The van der Waals surface area contributed by atoms with Crippen LogP contribution in [0.4, 0.5) is 5.82 Å². The van der Waals surface area contributed by atoms with E-state index in [1.54, 1.807) is 13.2 Å². The van der Waals surface area contributed by atoms with Gasteiger partial charge in [0.15, 0.2) is 0 Å². The molecular weight excluding hydrogens is 200 g/mol. The molecule has 0 atom stereocenters. The van der Waals surface area contributed by atoms with Gasteiger partial charge in [0.1, 0.15) is 11.6 Å². The molecule has 3 nitrogen and oxygen atoms in total. The molecule has 0 fully saturated rings. The number of aromatic nitrogens is 1. The maximum atomic E-state index is 5.65. The average molecular weight is 214 g/mol. The van der Waals surface area contributed by atoms with Gasteiger partial charge in [-0.15, -0.1) is 0 Å². The fraction of sp³-hybridized carbons (Fsp3) is 0.154. The Bertz CT molecular complexity index is 509. The highest BCUT2D eigenvalue weighted by Crippen LogP contribution is 2.25. The maximum absolute atomic E-state index is 5.65. The van der Waals surface area contributed by atoms with Crippen LogP contribution in [-0.2, 0) is 0 Å². The zero-order valence-electron chi connectivity index (χ0n) is 9.40. The van der Waals surface area contributed by atoms with Crippen molar-refractivity contribution in [3.05, 3.63) is 42.0 Å². The molecule has 0 spiro atoms. The van der Waals surface area contributed by atoms with Gasteiger partial charge in [0.05, 0.1) is 12.8 Å². The molecule has 1 aromatic heterocycles. The van der Waals surface area contributed by atoms with Crippen LogP contribution in [0.5, 0.6) is 5.75 Å². The lowest BCUT2D eigenvalue weighted by Crippen LogP contribution is -1.92. The third kappa shape index (κ3) is 1.98. The number of rotatable bonds is 2. The molecule has 0 saturated heterocycles. The molecule has 2 aromatic rings. The zero-order chi connectivity index (χ0) is 11.5. The molecule has 16 heavy (non-hydrogen) atoms. The predicted molar refractivity (Wildman–Crippen MR) is 65.4 cm³/mol. The highest BCUT2D eigenvalue weighted by atomic mass is 16.5. The van der Waals surface area contributed by atoms with Crippen molar-refractivity contribution in [1.82, 2.24) is 4.98 Å². The summed E-state index contributed by atoms with van der Waals surface area (Å²) in [6.45, 7) is 2.01. The number of hydrogen-bond donors (Lipinski definition) is 1. The van der Waals surface area contributed by atoms with E-state index in [-0.39, 0.29) is 0 Å². The number of nitrogens with zero attached hydrogens (tertiary/aromatic N) is 1. The van der Waals surface area contributed by atoms with E-state index in [1.807, 2.05) is 37.3 Å². The molecule has 82 valence electrons. The van der Waals surface area contributed by atoms with E-state index in [4.69, 9.17) is 10.5 Å². The Morgan fingerprint density at radius 2 is 2.00 bits per heavy atom. The minimum absolute atomic E-state index is 0.533. The van der Waals surface area contributed by atoms with Crippen LogP contribution >= 0.6 is 0 Å². The molecule has 2 N–H and O–H groups in total. The normalized spacial score (nSPS) is 10.1. The van der Waals surface area contributed by atoms with Gasteiger partial charge in [-0.25, -0.2) is 4.98 Å². The summed E-state index contributed by atoms with van der Waals surface area (Å²) in [6.07, 6.45) is 0. The molecule has 1 aromatic carbocycles. The van der Waals surface area contributed by atoms with Crippen molar-refractivity contribution < 1.29 is 4.74 Å². The van der Waals surface area contributed by atoms with Crippen LogP contribution in [0, 0.1) is 6.92 Å². The quantitative estimate of drug-likeness (QED) is 0.836. The molecule has 0 aliphatic rings. The van der Waals surface area contributed by atoms with Crippen LogP contribution in [0.2, 0.25) is 0 Å². The third-order valence-electron chi connectivity index (χ3n) is 2.46. The van der Waals surface area contributed by atoms with Gasteiger partial charge in [-0.1, -0.05) is 6.07 Å². The van der Waals surface area contributed by atoms with E-state index < -0.39 is 0 Å². The van der Waals surface area contributed by atoms with Gasteiger partial charge < -0.3 is 10.5 Å². The molecular formula is C13H14N2O. The monoisotopic (exact) mass is 214 g/mol. The largest absolute Gasteiger partial charge is 0.496 e. The van der Waals surface area contributed by atoms with Crippen molar-refractivity contribution in [2.45, 2.75) is 6.92 Å². The summed E-state index contributed by atoms with van der Waals surface area (Å²) in [6, 6.07) is 11.6. The molecule has 1 heterocycles. The number of ether oxygens (including phenoxy) is 1. The molecule has 0 saturated carbocycles. The Morgan fingerprint density at radius 1 is 1.19 bits per heavy atom. The standard InChI is InChI=1S/C13H14N2O/c1-9-8-10(6-7-12(9)16-2)11-4-3-5-13(14)15-11/h3-8H,1-2H3,(H2,14,15). The van der Waals surface area contributed by atoms with Crippen molar-refractivity contribution in [3.63, 3.8) is 0 Å². The number of pyridine rings is 1. The van der Waals surface area contributed by atoms with Gasteiger partial charge >= 0.3 is 0 Å². The molecule has 0 unspecified atom stereocenters. The van der Waals surface area contributed by atoms with Gasteiger partial charge in [-0.2, -0.15) is 0 Å². The summed E-state index contributed by atoms with van der Waals surface area (Å²) in [5.41, 5.74) is 8.67. The molecule has 0 aliphatic heterocycles. The van der Waals surface area contributed by atoms with Gasteiger partial charge in [-0.05, 0) is 42.8 Å². The second-order valence-corrected chi connectivity index (χ2v) is 3.63. The van der Waals surface area contributed by atoms with Crippen LogP contribution in [0.15, 0.2) is 36.4 Å². The van der Waals surface area contributed by atoms with Crippen molar-refractivity contribution in [2.24, 2.45) is 0 Å². The van der Waals surface area contributed by atoms with E-state index >= 15 is 0 Å². The van der Waals surface area contributed by atoms with Crippen molar-refractivity contribution in [3.8, 4) is 17.0 Å². The first-order valence-corrected chi connectivity index (χ1v) is 5.08. The molecule has 3 heteroatoms. The molecule has 0 radical (unpaired) electrons. The molecule has 0 amide bonds. The van der Waals surface area contributed by atoms with Gasteiger partial charge in [-0.3, -0.25) is 0 Å². The van der Waals surface area contributed by atoms with Crippen LogP contribution in [0.3, 0.4) is 0 Å². The fourth-order valence-corrected chi connectivity index (χ4v) is 1.65. The Balaban J connectivity index is 2.45. The summed E-state index contributed by atoms with van der Waals surface area (Å²) in [7, 11) is 1.67. The van der Waals surface area contributed by atoms with E-state index in [0.29, 0.717) is 5.82 Å². The summed E-state index contributed by atoms with van der Waals surface area (Å²) in [4.78, 5) is 4.28. The zero-order valence-corrected chi connectivity index (χ0v) is 9.40. The molecule has 0 aliphatic carbocycles. The van der Waals surface area contributed by atoms with E-state index in [2.05, 4.69) is 4.98 Å². The van der Waals surface area contributed by atoms with Crippen LogP contribution in [-0.4, -0.2) is 12.1 Å². The molecule has 0 bridgehead atoms. The lowest BCUT2D eigenvalue weighted by atomic mass is 10.1. The predicted octanol–water partition coefficient (Wildman–Crippen LogP) is 2.65. The topological polar surface area (TPSA) is 48.1 Å². The summed E-state index contributed by atoms with van der Waals surface area (Å²) in [5, 5.41) is 0. The fourth-order valence-electron chi connectivity index (χ4n) is 1.65. The first-order chi connectivity index (χ1) is 7.70. The summed E-state index contributed by atoms with van der Waals surface area (Å²) < 4.78 is 5.21. The summed E-state index contributed by atoms with van der Waals surface area (Å²) >= 11 is 0. The van der Waals surface area contributed by atoms with Crippen LogP contribution in [0.25, 0.3) is 11.3 Å². The maximum Gasteiger partial charge on any atom is 0.124 e. The Hall–Kier alpha value is -2.03. The number of hydrogen-bond acceptors (Lipinski definition) is 3. The SMILES string of the molecule is COc1ccc(-c2cccc(N)n2)cc1C. The number of methoxy groups -OCH3 is 1. The second kappa shape index (κ2) is 4.23. The van der Waals surface area contributed by atoms with Gasteiger partial charge in [0.25, 0.3) is 0 Å². The van der Waals surface area contributed by atoms with E-state index in [9.17, 15) is 0 Å². The number of nitrogen functional groups attached to an aromatic ring is 1. The van der Waals surface area contributed by atoms with Gasteiger partial charge in [0, 0.05) is 5.56 Å². The Kier molecular flexibility index (Phi) is 2.77. The van der Waals surface area contributed by atoms with Crippen LogP contribution < -0.4 is 10.5 Å². The Labute approximate surface area is 94.9 Å². The Morgan fingerprint density at radius 3 is 2.62 bits per heavy atom. The average Bonchev–Trinajstić information content (AvgIpc) is 2.29. The highest BCUT2D eigenvalue weighted by molar-refractivity contribution is 5.63. The number of benzene rings is 1. The molecule has 2 rings (SSSR count). The smallest absolute Gasteiger partial charge is 0.124 e. The van der Waals surface area contributed by atoms with E-state index in [1.165, 1.54) is 0 Å². The van der Waals surface area contributed by atoms with Crippen LogP contribution in [0.1, 0.15) is 5.56 Å².